The Morgan fingerprint density at radius 3 is 2.47 bits per heavy atom. The second-order valence-corrected chi connectivity index (χ2v) is 23.5. The van der Waals surface area contributed by atoms with Crippen LogP contribution in [0.1, 0.15) is 111 Å². The minimum atomic E-state index is -4.60. The van der Waals surface area contributed by atoms with Crippen LogP contribution < -0.4 is 29.5 Å². The largest absolute Gasteiger partial charge is 0.758 e. The van der Waals surface area contributed by atoms with Crippen LogP contribution in [0.15, 0.2) is 96.4 Å². The molecule has 2 aliphatic carbocycles. The maximum atomic E-state index is 14.9. The van der Waals surface area contributed by atoms with Crippen molar-refractivity contribution in [2.75, 3.05) is 68.7 Å². The summed E-state index contributed by atoms with van der Waals surface area (Å²) in [5.41, 5.74) is 4.44. The molecule has 1 atom stereocenters. The van der Waals surface area contributed by atoms with Gasteiger partial charge in [-0.15, -0.1) is 0 Å². The monoisotopic (exact) mass is 1040 g/mol. The van der Waals surface area contributed by atoms with Gasteiger partial charge < -0.3 is 40.1 Å². The number of sulfonamides is 1. The summed E-state index contributed by atoms with van der Waals surface area (Å²) in [6, 6.07) is 21.5. The Labute approximate surface area is 438 Å². The van der Waals surface area contributed by atoms with Crippen molar-refractivity contribution in [3.63, 3.8) is 0 Å². The molecule has 4 aliphatic rings. The first-order chi connectivity index (χ1) is 36.0. The molecular formula is C56H68FN10O7S-. The Kier molecular flexibility index (Phi) is 14.8. The number of ether oxygens (including phenoxy) is 2. The van der Waals surface area contributed by atoms with Crippen molar-refractivity contribution < 1.29 is 32.2 Å². The maximum absolute atomic E-state index is 14.9. The molecule has 17 nitrogen and oxygen atoms in total. The van der Waals surface area contributed by atoms with Crippen LogP contribution in [0.2, 0.25) is 0 Å². The summed E-state index contributed by atoms with van der Waals surface area (Å²) in [5.74, 6) is -0.704. The van der Waals surface area contributed by atoms with Gasteiger partial charge in [-0.05, 0) is 130 Å². The molecule has 0 radical (unpaired) electrons. The zero-order valence-corrected chi connectivity index (χ0v) is 44.2. The van der Waals surface area contributed by atoms with Gasteiger partial charge in [0.05, 0.1) is 29.3 Å². The SMILES string of the molecule is COc1nc2[nH]cc(F)c2cc1Oc1cc(N2CCC3(CC2)CC(N2CCN(Cc4ccncc4)C[C@H]2c2ccccc2C(C)C)C3)ccc1C(=O)NS(=O)(=O)c1cnc(NCC2CCC(C)(O)CC2)c(N(C)[O-])c1. The van der Waals surface area contributed by atoms with Gasteiger partial charge in [-0.3, -0.25) is 19.6 Å². The van der Waals surface area contributed by atoms with Crippen molar-refractivity contribution in [2.24, 2.45) is 11.3 Å². The Morgan fingerprint density at radius 2 is 1.75 bits per heavy atom. The lowest BCUT2D eigenvalue weighted by atomic mass is 9.59. The predicted molar refractivity (Wildman–Crippen MR) is 287 cm³/mol. The lowest BCUT2D eigenvalue weighted by molar-refractivity contribution is -0.0628. The summed E-state index contributed by atoms with van der Waals surface area (Å²) in [7, 11) is -1.97. The second kappa shape index (κ2) is 21.3. The van der Waals surface area contributed by atoms with Gasteiger partial charge in [0.15, 0.2) is 5.75 Å². The van der Waals surface area contributed by atoms with Crippen LogP contribution in [-0.4, -0.2) is 114 Å². The third-order valence-electron chi connectivity index (χ3n) is 16.3. The fraction of sp³-hybridized carbons (Fsp3) is 0.464. The van der Waals surface area contributed by atoms with Crippen molar-refractivity contribution in [3.8, 4) is 17.4 Å². The second-order valence-electron chi connectivity index (χ2n) is 21.8. The number of nitrogens with one attached hydrogen (secondary N) is 3. The normalized spacial score (nSPS) is 21.5. The molecule has 19 heteroatoms. The van der Waals surface area contributed by atoms with Crippen LogP contribution in [0, 0.1) is 22.4 Å². The van der Waals surface area contributed by atoms with E-state index in [-0.39, 0.29) is 62.9 Å². The lowest BCUT2D eigenvalue weighted by Gasteiger charge is -2.58. The van der Waals surface area contributed by atoms with E-state index in [1.807, 2.05) is 19.3 Å². The summed E-state index contributed by atoms with van der Waals surface area (Å²) >= 11 is 0. The average Bonchev–Trinajstić information content (AvgIpc) is 3.78. The molecule has 1 spiro atoms. The number of carbonyl (C=O) groups excluding carboxylic acids is 1. The molecule has 398 valence electrons. The highest BCUT2D eigenvalue weighted by Gasteiger charge is 2.50. The van der Waals surface area contributed by atoms with E-state index in [4.69, 9.17) is 9.47 Å². The zero-order chi connectivity index (χ0) is 52.6. The Hall–Kier alpha value is -6.38. The van der Waals surface area contributed by atoms with E-state index in [9.17, 15) is 27.9 Å². The Bertz CT molecular complexity index is 3110. The van der Waals surface area contributed by atoms with Gasteiger partial charge in [-0.2, -0.15) is 4.98 Å². The zero-order valence-electron chi connectivity index (χ0n) is 43.4. The van der Waals surface area contributed by atoms with Gasteiger partial charge in [0, 0.05) is 101 Å². The number of benzene rings is 2. The van der Waals surface area contributed by atoms with Crippen molar-refractivity contribution >= 4 is 44.2 Å². The molecule has 4 fully saturated rings. The number of aliphatic hydroxyl groups is 1. The molecule has 1 amide bonds. The van der Waals surface area contributed by atoms with E-state index in [0.717, 1.165) is 89.7 Å². The number of fused-ring (bicyclic) bond motifs is 1. The van der Waals surface area contributed by atoms with Gasteiger partial charge in [-0.25, -0.2) is 22.5 Å². The van der Waals surface area contributed by atoms with Crippen molar-refractivity contribution in [3.05, 3.63) is 125 Å². The smallest absolute Gasteiger partial charge is 0.268 e. The molecule has 75 heavy (non-hydrogen) atoms. The number of hydrogen-bond donors (Lipinski definition) is 4. The number of amides is 1. The highest BCUT2D eigenvalue weighted by Crippen LogP contribution is 2.53. The Morgan fingerprint density at radius 1 is 1.00 bits per heavy atom. The van der Waals surface area contributed by atoms with E-state index < -0.39 is 32.2 Å². The molecule has 6 heterocycles. The molecule has 2 aromatic carbocycles. The minimum Gasteiger partial charge on any atom is -0.758 e. The van der Waals surface area contributed by atoms with Crippen LogP contribution in [0.5, 0.6) is 17.4 Å². The summed E-state index contributed by atoms with van der Waals surface area (Å²) in [4.78, 5) is 37.2. The van der Waals surface area contributed by atoms with Crippen LogP contribution in [0.3, 0.4) is 0 Å². The van der Waals surface area contributed by atoms with Crippen LogP contribution in [0.25, 0.3) is 11.0 Å². The molecule has 2 saturated heterocycles. The van der Waals surface area contributed by atoms with Crippen molar-refractivity contribution in [1.29, 1.82) is 0 Å². The van der Waals surface area contributed by atoms with Gasteiger partial charge in [0.1, 0.15) is 27.9 Å². The average molecular weight is 1040 g/mol. The van der Waals surface area contributed by atoms with E-state index in [2.05, 4.69) is 94.9 Å². The molecule has 0 bridgehead atoms. The fourth-order valence-corrected chi connectivity index (χ4v) is 12.8. The summed E-state index contributed by atoms with van der Waals surface area (Å²) in [5, 5.41) is 27.0. The topological polar surface area (TPSA) is 204 Å². The molecule has 2 saturated carbocycles. The van der Waals surface area contributed by atoms with Crippen molar-refractivity contribution in [2.45, 2.75) is 107 Å². The van der Waals surface area contributed by atoms with E-state index in [1.54, 1.807) is 12.1 Å². The molecule has 10 rings (SSSR count). The number of nitrogens with zero attached hydrogens (tertiary/aromatic N) is 7. The number of hydroxylamine groups is 1. The number of halogens is 1. The maximum Gasteiger partial charge on any atom is 0.268 e. The molecule has 0 unspecified atom stereocenters. The molecule has 6 aromatic rings. The fourth-order valence-electron chi connectivity index (χ4n) is 11.9. The number of methoxy groups -OCH3 is 1. The van der Waals surface area contributed by atoms with Gasteiger partial charge >= 0.3 is 0 Å². The number of carbonyl (C=O) groups is 1. The van der Waals surface area contributed by atoms with Crippen LogP contribution in [-0.2, 0) is 16.6 Å². The van der Waals surface area contributed by atoms with E-state index in [0.29, 0.717) is 36.4 Å². The first-order valence-corrected chi connectivity index (χ1v) is 27.6. The number of rotatable bonds is 16. The lowest BCUT2D eigenvalue weighted by Crippen LogP contribution is -2.60. The third-order valence-corrected chi connectivity index (χ3v) is 17.6. The number of piperidine rings is 1. The number of anilines is 3. The molecular weight excluding hydrogens is 976 g/mol. The number of aromatic nitrogens is 4. The van der Waals surface area contributed by atoms with Crippen LogP contribution in [0.4, 0.5) is 21.6 Å². The van der Waals surface area contributed by atoms with E-state index >= 15 is 0 Å². The highest BCUT2D eigenvalue weighted by molar-refractivity contribution is 7.90. The first-order valence-electron chi connectivity index (χ1n) is 26.2. The minimum absolute atomic E-state index is 0.00254. The van der Waals surface area contributed by atoms with Gasteiger partial charge in [0.25, 0.3) is 21.8 Å². The third kappa shape index (κ3) is 11.3. The summed E-state index contributed by atoms with van der Waals surface area (Å²) in [6.07, 6.45) is 13.1. The van der Waals surface area contributed by atoms with Crippen molar-refractivity contribution in [1.82, 2.24) is 34.5 Å². The standard InChI is InChI=1S/C56H68FN10O7S/c1-36(2)42-8-6-7-9-43(42)48-35-65(34-38-14-20-58-21-15-38)24-25-67(48)40-29-56(30-40)18-22-66(23-19-56)39-10-11-44(49(26-39)74-50-28-45-46(57)33-61-51(45)62-54(50)73-5)53(68)63-75(71,72)41-27-47(64(4)70)52(60-32-41)59-31-37-12-16-55(3,69)17-13-37/h6-11,14-15,20-21,26-28,32-33,36-37,40,48,69H,12-13,16-19,22-25,29-31,34-35H2,1-5H3,(H,59,60)(H,61,62)(H,63,68)/q-1/t37?,48-,55?/m0/s1. The van der Waals surface area contributed by atoms with Gasteiger partial charge in [-0.1, -0.05) is 38.1 Å². The number of hydrogen-bond acceptors (Lipinski definition) is 15. The first kappa shape index (κ1) is 52.1. The molecule has 4 aromatic heterocycles. The number of aromatic amines is 1. The van der Waals surface area contributed by atoms with Crippen LogP contribution >= 0.6 is 0 Å². The predicted octanol–water partition coefficient (Wildman–Crippen LogP) is 9.13. The van der Waals surface area contributed by atoms with Gasteiger partial charge in [0.2, 0.25) is 0 Å². The summed E-state index contributed by atoms with van der Waals surface area (Å²) in [6.45, 7) is 12.2. The quantitative estimate of drug-likeness (QED) is 0.0668. The number of piperazine rings is 1. The Balaban J connectivity index is 0.859. The summed E-state index contributed by atoms with van der Waals surface area (Å²) < 4.78 is 57.0. The molecule has 4 N–H and O–H groups in total. The molecule has 2 aliphatic heterocycles. The highest BCUT2D eigenvalue weighted by atomic mass is 32.2. The number of pyridine rings is 3. The number of H-pyrrole nitrogens is 1. The van der Waals surface area contributed by atoms with E-state index in [1.165, 1.54) is 55.2 Å².